The Bertz CT molecular complexity index is 1380. The first-order valence-electron chi connectivity index (χ1n) is 12.3. The molecule has 1 saturated heterocycles. The van der Waals surface area contributed by atoms with Gasteiger partial charge in [-0.1, -0.05) is 26.0 Å². The number of thiophene rings is 1. The normalized spacial score (nSPS) is 23.9. The lowest BCUT2D eigenvalue weighted by molar-refractivity contribution is -0.150. The Morgan fingerprint density at radius 3 is 2.83 bits per heavy atom. The fourth-order valence-electron chi connectivity index (χ4n) is 5.98. The minimum atomic E-state index is -0.645. The van der Waals surface area contributed by atoms with Gasteiger partial charge in [0.2, 0.25) is 17.7 Å². The summed E-state index contributed by atoms with van der Waals surface area (Å²) in [5, 5.41) is 9.99. The van der Waals surface area contributed by atoms with E-state index in [0.29, 0.717) is 24.3 Å². The van der Waals surface area contributed by atoms with E-state index in [-0.39, 0.29) is 30.3 Å². The fraction of sp³-hybridized carbons (Fsp3) is 0.357. The lowest BCUT2D eigenvalue weighted by Crippen LogP contribution is -2.50. The van der Waals surface area contributed by atoms with Crippen molar-refractivity contribution in [3.63, 3.8) is 0 Å². The molecule has 2 aromatic heterocycles. The van der Waals surface area contributed by atoms with Crippen molar-refractivity contribution in [1.29, 1.82) is 0 Å². The highest BCUT2D eigenvalue weighted by Gasteiger charge is 2.51. The SMILES string of the molecule is CC1(C)CCC(c2ccsc2)N(CC(=O)Nc2ccc3c(c2)CC2(C3)C(=O)Nc3ncccc32)C1=O. The number of rotatable bonds is 4. The number of amides is 3. The van der Waals surface area contributed by atoms with Gasteiger partial charge in [-0.15, -0.1) is 0 Å². The van der Waals surface area contributed by atoms with Crippen LogP contribution in [0.15, 0.2) is 53.4 Å². The Morgan fingerprint density at radius 2 is 2.03 bits per heavy atom. The molecule has 1 fully saturated rings. The summed E-state index contributed by atoms with van der Waals surface area (Å²) in [6.45, 7) is 3.91. The van der Waals surface area contributed by atoms with Crippen LogP contribution >= 0.6 is 11.3 Å². The standard InChI is InChI=1S/C28H28N4O3S/c1-27(2)9-7-22(18-8-11-36-16-18)32(26(27)35)15-23(33)30-20-6-5-17-13-28(14-19(17)12-20)21-4-3-10-29-24(21)31-25(28)34/h3-6,8,10-12,16,22H,7,9,13-15H2,1-2H3,(H,30,33)(H,29,31,34). The molecule has 4 heterocycles. The third kappa shape index (κ3) is 3.63. The highest BCUT2D eigenvalue weighted by molar-refractivity contribution is 7.08. The van der Waals surface area contributed by atoms with Gasteiger partial charge in [0, 0.05) is 22.9 Å². The van der Waals surface area contributed by atoms with Gasteiger partial charge in [-0.3, -0.25) is 14.4 Å². The lowest BCUT2D eigenvalue weighted by Gasteiger charge is -2.42. The number of hydrogen-bond acceptors (Lipinski definition) is 5. The van der Waals surface area contributed by atoms with E-state index in [1.165, 1.54) is 0 Å². The van der Waals surface area contributed by atoms with Crippen molar-refractivity contribution in [1.82, 2.24) is 9.88 Å². The minimum absolute atomic E-state index is 0.00521. The van der Waals surface area contributed by atoms with Gasteiger partial charge in [0.25, 0.3) is 0 Å². The number of aromatic nitrogens is 1. The quantitative estimate of drug-likeness (QED) is 0.553. The molecule has 7 nitrogen and oxygen atoms in total. The zero-order valence-corrected chi connectivity index (χ0v) is 21.2. The average Bonchev–Trinajstić information content (AvgIpc) is 3.56. The van der Waals surface area contributed by atoms with Crippen LogP contribution in [0.4, 0.5) is 11.5 Å². The molecule has 3 amide bonds. The first kappa shape index (κ1) is 22.9. The van der Waals surface area contributed by atoms with Crippen LogP contribution in [0, 0.1) is 5.41 Å². The summed E-state index contributed by atoms with van der Waals surface area (Å²) in [4.78, 5) is 45.4. The monoisotopic (exact) mass is 500 g/mol. The van der Waals surface area contributed by atoms with Crippen molar-refractivity contribution in [2.75, 3.05) is 17.2 Å². The van der Waals surface area contributed by atoms with Gasteiger partial charge in [0.05, 0.1) is 11.5 Å². The molecule has 2 atom stereocenters. The number of carbonyl (C=O) groups excluding carboxylic acids is 3. The highest BCUT2D eigenvalue weighted by atomic mass is 32.1. The number of fused-ring (bicyclic) bond motifs is 3. The molecule has 0 radical (unpaired) electrons. The van der Waals surface area contributed by atoms with Crippen molar-refractivity contribution in [3.05, 3.63) is 75.6 Å². The average molecular weight is 501 g/mol. The third-order valence-corrected chi connectivity index (χ3v) is 8.67. The van der Waals surface area contributed by atoms with Crippen LogP contribution in [-0.2, 0) is 32.6 Å². The number of benzene rings is 1. The van der Waals surface area contributed by atoms with E-state index >= 15 is 0 Å². The molecule has 1 spiro atoms. The molecule has 1 aliphatic carbocycles. The predicted molar refractivity (Wildman–Crippen MR) is 139 cm³/mol. The number of carbonyl (C=O) groups is 3. The van der Waals surface area contributed by atoms with Crippen LogP contribution in [0.3, 0.4) is 0 Å². The Kier molecular flexibility index (Phi) is 5.26. The van der Waals surface area contributed by atoms with Crippen LogP contribution < -0.4 is 10.6 Å². The van der Waals surface area contributed by atoms with Gasteiger partial charge >= 0.3 is 0 Å². The topological polar surface area (TPSA) is 91.4 Å². The molecule has 184 valence electrons. The van der Waals surface area contributed by atoms with Crippen molar-refractivity contribution < 1.29 is 14.4 Å². The molecule has 1 aromatic carbocycles. The van der Waals surface area contributed by atoms with Gasteiger partial charge in [-0.05, 0) is 77.4 Å². The van der Waals surface area contributed by atoms with Crippen molar-refractivity contribution in [3.8, 4) is 0 Å². The maximum atomic E-state index is 13.3. The number of piperidine rings is 1. The fourth-order valence-corrected chi connectivity index (χ4v) is 6.69. The molecular weight excluding hydrogens is 472 g/mol. The number of pyridine rings is 1. The zero-order valence-electron chi connectivity index (χ0n) is 20.3. The zero-order chi connectivity index (χ0) is 25.1. The van der Waals surface area contributed by atoms with Crippen LogP contribution in [0.2, 0.25) is 0 Å². The third-order valence-electron chi connectivity index (χ3n) is 7.97. The van der Waals surface area contributed by atoms with E-state index in [4.69, 9.17) is 0 Å². The van der Waals surface area contributed by atoms with Gasteiger partial charge in [-0.25, -0.2) is 4.98 Å². The summed E-state index contributed by atoms with van der Waals surface area (Å²) in [6, 6.07) is 11.6. The Balaban J connectivity index is 1.20. The van der Waals surface area contributed by atoms with Crippen LogP contribution in [0.1, 0.15) is 55.0 Å². The van der Waals surface area contributed by atoms with Gasteiger partial charge in [0.1, 0.15) is 12.4 Å². The van der Waals surface area contributed by atoms with E-state index in [0.717, 1.165) is 35.1 Å². The van der Waals surface area contributed by atoms with Crippen molar-refractivity contribution in [2.45, 2.75) is 51.0 Å². The molecule has 8 heteroatoms. The second-order valence-corrected chi connectivity index (χ2v) is 11.5. The molecule has 3 aliphatic rings. The molecule has 0 saturated carbocycles. The largest absolute Gasteiger partial charge is 0.326 e. The molecule has 2 unspecified atom stereocenters. The number of hydrogen-bond donors (Lipinski definition) is 2. The van der Waals surface area contributed by atoms with Crippen LogP contribution in [-0.4, -0.2) is 34.2 Å². The summed E-state index contributed by atoms with van der Waals surface area (Å²) in [6.07, 6.45) is 4.49. The summed E-state index contributed by atoms with van der Waals surface area (Å²) < 4.78 is 0. The Labute approximate surface area is 213 Å². The van der Waals surface area contributed by atoms with Crippen LogP contribution in [0.25, 0.3) is 0 Å². The number of likely N-dealkylation sites (tertiary alicyclic amines) is 1. The Morgan fingerprint density at radius 1 is 1.19 bits per heavy atom. The predicted octanol–water partition coefficient (Wildman–Crippen LogP) is 4.46. The van der Waals surface area contributed by atoms with Crippen molar-refractivity contribution in [2.24, 2.45) is 5.41 Å². The smallest absolute Gasteiger partial charge is 0.244 e. The Hall–Kier alpha value is -3.52. The van der Waals surface area contributed by atoms with E-state index < -0.39 is 10.8 Å². The second-order valence-electron chi connectivity index (χ2n) is 10.7. The molecule has 0 bridgehead atoms. The summed E-state index contributed by atoms with van der Waals surface area (Å²) in [5.74, 6) is 0.402. The highest BCUT2D eigenvalue weighted by Crippen LogP contribution is 2.47. The summed E-state index contributed by atoms with van der Waals surface area (Å²) >= 11 is 1.60. The number of anilines is 2. The van der Waals surface area contributed by atoms with Crippen molar-refractivity contribution >= 4 is 40.6 Å². The molecule has 2 aliphatic heterocycles. The maximum absolute atomic E-state index is 13.3. The number of nitrogens with one attached hydrogen (secondary N) is 2. The van der Waals surface area contributed by atoms with Gasteiger partial charge in [-0.2, -0.15) is 11.3 Å². The van der Waals surface area contributed by atoms with E-state index in [2.05, 4.69) is 21.0 Å². The summed E-state index contributed by atoms with van der Waals surface area (Å²) in [5.41, 5.74) is 3.72. The summed E-state index contributed by atoms with van der Waals surface area (Å²) in [7, 11) is 0. The molecule has 2 N–H and O–H groups in total. The van der Waals surface area contributed by atoms with Crippen LogP contribution in [0.5, 0.6) is 0 Å². The second kappa shape index (κ2) is 8.27. The minimum Gasteiger partial charge on any atom is -0.326 e. The number of nitrogens with zero attached hydrogens (tertiary/aromatic N) is 2. The van der Waals surface area contributed by atoms with E-state index in [1.54, 1.807) is 22.4 Å². The molecule has 3 aromatic rings. The first-order valence-corrected chi connectivity index (χ1v) is 13.2. The molecular formula is C28H28N4O3S. The van der Waals surface area contributed by atoms with E-state index in [9.17, 15) is 14.4 Å². The van der Waals surface area contributed by atoms with Gasteiger partial charge in [0.15, 0.2) is 0 Å². The van der Waals surface area contributed by atoms with Gasteiger partial charge < -0.3 is 15.5 Å². The molecule has 6 rings (SSSR count). The van der Waals surface area contributed by atoms with E-state index in [1.807, 2.05) is 55.6 Å². The first-order chi connectivity index (χ1) is 17.3. The maximum Gasteiger partial charge on any atom is 0.244 e. The molecule has 36 heavy (non-hydrogen) atoms. The lowest BCUT2D eigenvalue weighted by atomic mass is 9.79.